The molecule has 0 saturated carbocycles. The van der Waals surface area contributed by atoms with E-state index >= 15 is 0 Å². The van der Waals surface area contributed by atoms with Crippen LogP contribution in [0.4, 0.5) is 0 Å². The van der Waals surface area contributed by atoms with Gasteiger partial charge in [-0.25, -0.2) is 0 Å². The molecule has 1 aliphatic heterocycles. The maximum atomic E-state index is 12.2. The van der Waals surface area contributed by atoms with Gasteiger partial charge in [0.15, 0.2) is 0 Å². The van der Waals surface area contributed by atoms with Crippen LogP contribution in [-0.2, 0) is 4.79 Å². The van der Waals surface area contributed by atoms with Gasteiger partial charge in [-0.2, -0.15) is 0 Å². The van der Waals surface area contributed by atoms with Crippen LogP contribution in [0.5, 0.6) is 0 Å². The Morgan fingerprint density at radius 1 is 1.17 bits per heavy atom. The van der Waals surface area contributed by atoms with E-state index in [1.807, 2.05) is 6.92 Å². The van der Waals surface area contributed by atoms with Crippen molar-refractivity contribution in [3.8, 4) is 0 Å². The lowest BCUT2D eigenvalue weighted by molar-refractivity contribution is -0.132. The summed E-state index contributed by atoms with van der Waals surface area (Å²) in [4.78, 5) is 14.3. The van der Waals surface area contributed by atoms with Crippen molar-refractivity contribution in [3.63, 3.8) is 0 Å². The van der Waals surface area contributed by atoms with E-state index in [1.165, 1.54) is 12.8 Å². The summed E-state index contributed by atoms with van der Waals surface area (Å²) in [7, 11) is 0. The van der Waals surface area contributed by atoms with Gasteiger partial charge in [0.2, 0.25) is 5.91 Å². The molecule has 0 aliphatic carbocycles. The maximum absolute atomic E-state index is 12.2. The number of nitrogens with one attached hydrogen (secondary N) is 1. The standard InChI is InChI=1S/C15H30N2O/c1-10(2)8-7-9-12(5)17-14(11(3)4)16-13(6)15(17)18/h10-14,16H,7-9H2,1-6H3. The molecule has 3 nitrogen and oxygen atoms in total. The Hall–Kier alpha value is -0.570. The van der Waals surface area contributed by atoms with E-state index in [-0.39, 0.29) is 18.1 Å². The van der Waals surface area contributed by atoms with Crippen molar-refractivity contribution >= 4 is 5.91 Å². The van der Waals surface area contributed by atoms with E-state index in [4.69, 9.17) is 0 Å². The molecular weight excluding hydrogens is 224 g/mol. The summed E-state index contributed by atoms with van der Waals surface area (Å²) >= 11 is 0. The highest BCUT2D eigenvalue weighted by atomic mass is 16.2. The van der Waals surface area contributed by atoms with Gasteiger partial charge in [-0.1, -0.05) is 40.5 Å². The predicted molar refractivity (Wildman–Crippen MR) is 76.2 cm³/mol. The predicted octanol–water partition coefficient (Wildman–Crippen LogP) is 3.00. The number of carbonyl (C=O) groups is 1. The molecule has 1 heterocycles. The molecule has 0 aromatic carbocycles. The van der Waals surface area contributed by atoms with E-state index in [1.54, 1.807) is 0 Å². The van der Waals surface area contributed by atoms with Gasteiger partial charge in [0.25, 0.3) is 0 Å². The second-order valence-corrected chi connectivity index (χ2v) is 6.50. The smallest absolute Gasteiger partial charge is 0.240 e. The summed E-state index contributed by atoms with van der Waals surface area (Å²) in [5.74, 6) is 1.49. The van der Waals surface area contributed by atoms with Gasteiger partial charge in [0.1, 0.15) is 0 Å². The van der Waals surface area contributed by atoms with Crippen LogP contribution in [0.25, 0.3) is 0 Å². The van der Waals surface area contributed by atoms with E-state index in [9.17, 15) is 4.79 Å². The Balaban J connectivity index is 2.57. The number of rotatable bonds is 6. The molecule has 1 saturated heterocycles. The lowest BCUT2D eigenvalue weighted by atomic mass is 10.0. The Morgan fingerprint density at radius 2 is 1.78 bits per heavy atom. The molecule has 0 spiro atoms. The highest BCUT2D eigenvalue weighted by Gasteiger charge is 2.39. The lowest BCUT2D eigenvalue weighted by Gasteiger charge is -2.33. The van der Waals surface area contributed by atoms with Crippen LogP contribution in [0.3, 0.4) is 0 Å². The molecule has 1 rings (SSSR count). The number of amides is 1. The summed E-state index contributed by atoms with van der Waals surface area (Å²) in [5.41, 5.74) is 0. The molecule has 0 aromatic heterocycles. The summed E-state index contributed by atoms with van der Waals surface area (Å²) in [6, 6.07) is 0.325. The molecule has 0 aromatic rings. The number of hydrogen-bond donors (Lipinski definition) is 1. The third-order valence-electron chi connectivity index (χ3n) is 3.86. The van der Waals surface area contributed by atoms with Crippen LogP contribution >= 0.6 is 0 Å². The summed E-state index contributed by atoms with van der Waals surface area (Å²) in [6.07, 6.45) is 3.78. The van der Waals surface area contributed by atoms with Crippen molar-refractivity contribution in [2.75, 3.05) is 0 Å². The number of nitrogens with zero attached hydrogens (tertiary/aromatic N) is 1. The van der Waals surface area contributed by atoms with Crippen molar-refractivity contribution in [1.82, 2.24) is 10.2 Å². The van der Waals surface area contributed by atoms with Crippen molar-refractivity contribution in [2.24, 2.45) is 11.8 Å². The molecule has 1 aliphatic rings. The zero-order valence-corrected chi connectivity index (χ0v) is 12.9. The van der Waals surface area contributed by atoms with Crippen molar-refractivity contribution in [1.29, 1.82) is 0 Å². The fourth-order valence-electron chi connectivity index (χ4n) is 2.73. The van der Waals surface area contributed by atoms with Crippen molar-refractivity contribution < 1.29 is 4.79 Å². The van der Waals surface area contributed by atoms with Gasteiger partial charge in [-0.15, -0.1) is 0 Å². The minimum atomic E-state index is -0.0232. The first-order valence-corrected chi connectivity index (χ1v) is 7.42. The Labute approximate surface area is 112 Å². The molecule has 1 amide bonds. The first-order valence-electron chi connectivity index (χ1n) is 7.42. The molecule has 3 unspecified atom stereocenters. The number of carbonyl (C=O) groups excluding carboxylic acids is 1. The van der Waals surface area contributed by atoms with Crippen LogP contribution in [0.2, 0.25) is 0 Å². The van der Waals surface area contributed by atoms with Crippen molar-refractivity contribution in [2.45, 2.75) is 79.1 Å². The van der Waals surface area contributed by atoms with E-state index < -0.39 is 0 Å². The van der Waals surface area contributed by atoms with Gasteiger partial charge < -0.3 is 4.90 Å². The summed E-state index contributed by atoms with van der Waals surface area (Å²) in [5, 5.41) is 3.41. The monoisotopic (exact) mass is 254 g/mol. The van der Waals surface area contributed by atoms with Crippen LogP contribution < -0.4 is 5.32 Å². The van der Waals surface area contributed by atoms with Gasteiger partial charge in [0.05, 0.1) is 12.2 Å². The molecule has 1 fully saturated rings. The molecule has 0 bridgehead atoms. The Bertz CT molecular complexity index is 276. The first kappa shape index (κ1) is 15.5. The van der Waals surface area contributed by atoms with Gasteiger partial charge in [-0.05, 0) is 32.1 Å². The lowest BCUT2D eigenvalue weighted by Crippen LogP contribution is -2.46. The van der Waals surface area contributed by atoms with Crippen LogP contribution in [0.1, 0.15) is 60.8 Å². The highest BCUT2D eigenvalue weighted by Crippen LogP contribution is 2.23. The zero-order valence-electron chi connectivity index (χ0n) is 12.9. The fraction of sp³-hybridized carbons (Fsp3) is 0.933. The third-order valence-corrected chi connectivity index (χ3v) is 3.86. The van der Waals surface area contributed by atoms with Crippen LogP contribution in [-0.4, -0.2) is 29.1 Å². The minimum absolute atomic E-state index is 0.0232. The molecule has 1 N–H and O–H groups in total. The summed E-state index contributed by atoms with van der Waals surface area (Å²) < 4.78 is 0. The van der Waals surface area contributed by atoms with Crippen molar-refractivity contribution in [3.05, 3.63) is 0 Å². The van der Waals surface area contributed by atoms with Gasteiger partial charge in [-0.3, -0.25) is 10.1 Å². The largest absolute Gasteiger partial charge is 0.323 e. The SMILES string of the molecule is CC(C)CCCC(C)N1C(=O)C(C)NC1C(C)C. The highest BCUT2D eigenvalue weighted by molar-refractivity contribution is 5.84. The second-order valence-electron chi connectivity index (χ2n) is 6.50. The molecule has 106 valence electrons. The maximum Gasteiger partial charge on any atom is 0.240 e. The molecule has 3 atom stereocenters. The molecular formula is C15H30N2O. The zero-order chi connectivity index (χ0) is 13.9. The third kappa shape index (κ3) is 3.71. The Morgan fingerprint density at radius 3 is 2.28 bits per heavy atom. The number of hydrogen-bond acceptors (Lipinski definition) is 2. The molecule has 3 heteroatoms. The van der Waals surface area contributed by atoms with E-state index in [2.05, 4.69) is 44.8 Å². The van der Waals surface area contributed by atoms with Crippen LogP contribution in [0.15, 0.2) is 0 Å². The average molecular weight is 254 g/mol. The normalized spacial score (nSPS) is 26.4. The molecule has 18 heavy (non-hydrogen) atoms. The average Bonchev–Trinajstić information content (AvgIpc) is 2.55. The fourth-order valence-corrected chi connectivity index (χ4v) is 2.73. The Kier molecular flexibility index (Phi) is 5.64. The van der Waals surface area contributed by atoms with E-state index in [0.29, 0.717) is 12.0 Å². The quantitative estimate of drug-likeness (QED) is 0.790. The topological polar surface area (TPSA) is 32.3 Å². The molecule has 0 radical (unpaired) electrons. The van der Waals surface area contributed by atoms with E-state index in [0.717, 1.165) is 12.3 Å². The summed E-state index contributed by atoms with van der Waals surface area (Å²) in [6.45, 7) is 13.0. The van der Waals surface area contributed by atoms with Gasteiger partial charge in [0, 0.05) is 6.04 Å². The second kappa shape index (κ2) is 6.55. The van der Waals surface area contributed by atoms with Crippen LogP contribution in [0, 0.1) is 11.8 Å². The van der Waals surface area contributed by atoms with Gasteiger partial charge >= 0.3 is 0 Å². The first-order chi connectivity index (χ1) is 8.34. The minimum Gasteiger partial charge on any atom is -0.323 e.